The Morgan fingerprint density at radius 3 is 2.71 bits per heavy atom. The maximum absolute atomic E-state index is 13.1. The van der Waals surface area contributed by atoms with E-state index in [2.05, 4.69) is 15.4 Å². The van der Waals surface area contributed by atoms with Crippen LogP contribution in [0.4, 0.5) is 4.39 Å². The smallest absolute Gasteiger partial charge is 0.332 e. The van der Waals surface area contributed by atoms with Gasteiger partial charge in [0.1, 0.15) is 16.5 Å². The number of hydrogen-bond acceptors (Lipinski definition) is 6. The number of rotatable bonds is 5. The highest BCUT2D eigenvalue weighted by Crippen LogP contribution is 2.24. The Balaban J connectivity index is 1.48. The summed E-state index contributed by atoms with van der Waals surface area (Å²) in [4.78, 5) is 24.5. The van der Waals surface area contributed by atoms with Gasteiger partial charge in [0.05, 0.1) is 16.8 Å². The molecule has 0 aliphatic heterocycles. The van der Waals surface area contributed by atoms with Crippen molar-refractivity contribution < 1.29 is 13.9 Å². The van der Waals surface area contributed by atoms with E-state index in [1.807, 2.05) is 0 Å². The van der Waals surface area contributed by atoms with Gasteiger partial charge in [-0.05, 0) is 49.4 Å². The topological polar surface area (TPSA) is 91.9 Å². The summed E-state index contributed by atoms with van der Waals surface area (Å²) < 4.78 is 20.6. The third kappa shape index (κ3) is 4.22. The van der Waals surface area contributed by atoms with Crippen LogP contribution in [0.2, 0.25) is 5.15 Å². The second-order valence-corrected chi connectivity index (χ2v) is 6.87. The molecule has 0 atom stereocenters. The van der Waals surface area contributed by atoms with Gasteiger partial charge in [-0.2, -0.15) is 9.78 Å². The van der Waals surface area contributed by atoms with Crippen LogP contribution in [0.5, 0.6) is 0 Å². The Kier molecular flexibility index (Phi) is 5.59. The van der Waals surface area contributed by atoms with Crippen LogP contribution in [0.3, 0.4) is 0 Å². The van der Waals surface area contributed by atoms with Crippen LogP contribution in [0.1, 0.15) is 11.3 Å². The summed E-state index contributed by atoms with van der Waals surface area (Å²) in [6.45, 7) is 1.34. The lowest BCUT2D eigenvalue weighted by atomic mass is 10.2. The van der Waals surface area contributed by atoms with Gasteiger partial charge in [-0.1, -0.05) is 28.9 Å². The van der Waals surface area contributed by atoms with Crippen molar-refractivity contribution in [1.29, 1.82) is 0 Å². The molecular weight excluding hydrogens is 425 g/mol. The number of fused-ring (bicyclic) bond motifs is 1. The monoisotopic (exact) mass is 439 g/mol. The standard InChI is InChI=1S/C21H15ClFN5O3/c1-13-16(20(22)28(25-13)15-8-6-14(23)7-9-15)10-11-19(29)31-12-27-21(30)17-4-2-3-5-18(17)24-26-27/h2-11H,12H2,1H3/b11-10+. The van der Waals surface area contributed by atoms with E-state index < -0.39 is 11.5 Å². The summed E-state index contributed by atoms with van der Waals surface area (Å²) in [7, 11) is 0. The molecule has 2 aromatic carbocycles. The lowest BCUT2D eigenvalue weighted by Crippen LogP contribution is -2.26. The molecule has 31 heavy (non-hydrogen) atoms. The molecule has 2 aromatic heterocycles. The second kappa shape index (κ2) is 8.49. The largest absolute Gasteiger partial charge is 0.439 e. The van der Waals surface area contributed by atoms with Gasteiger partial charge in [-0.3, -0.25) is 4.79 Å². The van der Waals surface area contributed by atoms with E-state index in [0.717, 1.165) is 4.68 Å². The summed E-state index contributed by atoms with van der Waals surface area (Å²) in [5, 5.41) is 12.6. The van der Waals surface area contributed by atoms with Crippen LogP contribution in [0.25, 0.3) is 22.7 Å². The molecule has 0 fully saturated rings. The van der Waals surface area contributed by atoms with Crippen LogP contribution < -0.4 is 5.56 Å². The Morgan fingerprint density at radius 1 is 1.19 bits per heavy atom. The third-order valence-electron chi connectivity index (χ3n) is 4.46. The summed E-state index contributed by atoms with van der Waals surface area (Å²) in [6, 6.07) is 12.4. The van der Waals surface area contributed by atoms with Crippen molar-refractivity contribution in [3.05, 3.63) is 87.2 Å². The predicted octanol–water partition coefficient (Wildman–Crippen LogP) is 3.29. The van der Waals surface area contributed by atoms with Crippen LogP contribution in [0.15, 0.2) is 59.4 Å². The van der Waals surface area contributed by atoms with Crippen molar-refractivity contribution in [2.24, 2.45) is 0 Å². The molecule has 8 nitrogen and oxygen atoms in total. The van der Waals surface area contributed by atoms with Gasteiger partial charge in [0.15, 0.2) is 6.73 Å². The van der Waals surface area contributed by atoms with Crippen LogP contribution >= 0.6 is 11.6 Å². The highest BCUT2D eigenvalue weighted by atomic mass is 35.5. The number of carbonyl (C=O) groups is 1. The molecule has 10 heteroatoms. The quantitative estimate of drug-likeness (QED) is 0.350. The lowest BCUT2D eigenvalue weighted by Gasteiger charge is -2.04. The van der Waals surface area contributed by atoms with E-state index >= 15 is 0 Å². The molecular formula is C21H15ClFN5O3. The van der Waals surface area contributed by atoms with Gasteiger partial charge in [0.25, 0.3) is 5.56 Å². The minimum Gasteiger partial charge on any atom is -0.439 e. The Hall–Kier alpha value is -3.85. The van der Waals surface area contributed by atoms with Crippen LogP contribution in [-0.2, 0) is 16.3 Å². The second-order valence-electron chi connectivity index (χ2n) is 6.52. The molecule has 0 amide bonds. The van der Waals surface area contributed by atoms with E-state index in [-0.39, 0.29) is 17.7 Å². The lowest BCUT2D eigenvalue weighted by molar-refractivity contribution is -0.141. The van der Waals surface area contributed by atoms with E-state index in [9.17, 15) is 14.0 Å². The van der Waals surface area contributed by atoms with Crippen molar-refractivity contribution in [3.63, 3.8) is 0 Å². The Bertz CT molecular complexity index is 1360. The molecule has 0 saturated heterocycles. The molecule has 0 unspecified atom stereocenters. The highest BCUT2D eigenvalue weighted by Gasteiger charge is 2.13. The van der Waals surface area contributed by atoms with Gasteiger partial charge in [-0.15, -0.1) is 5.10 Å². The van der Waals surface area contributed by atoms with Gasteiger partial charge in [0.2, 0.25) is 0 Å². The van der Waals surface area contributed by atoms with Crippen molar-refractivity contribution in [1.82, 2.24) is 24.8 Å². The molecule has 4 rings (SSSR count). The minimum atomic E-state index is -0.702. The van der Waals surface area contributed by atoms with Gasteiger partial charge < -0.3 is 4.74 Å². The maximum Gasteiger partial charge on any atom is 0.332 e. The first-order valence-corrected chi connectivity index (χ1v) is 9.50. The summed E-state index contributed by atoms with van der Waals surface area (Å²) in [5.74, 6) is -1.08. The molecule has 0 N–H and O–H groups in total. The molecule has 0 aliphatic carbocycles. The number of halogens is 2. The van der Waals surface area contributed by atoms with Crippen molar-refractivity contribution >= 4 is 34.5 Å². The van der Waals surface area contributed by atoms with Gasteiger partial charge >= 0.3 is 5.97 Å². The maximum atomic E-state index is 13.1. The Morgan fingerprint density at radius 2 is 1.94 bits per heavy atom. The number of aromatic nitrogens is 5. The first-order chi connectivity index (χ1) is 14.9. The number of hydrogen-bond donors (Lipinski definition) is 0. The zero-order valence-corrected chi connectivity index (χ0v) is 17.0. The normalized spacial score (nSPS) is 11.3. The van der Waals surface area contributed by atoms with E-state index in [4.69, 9.17) is 16.3 Å². The zero-order chi connectivity index (χ0) is 22.0. The molecule has 0 bridgehead atoms. The fourth-order valence-electron chi connectivity index (χ4n) is 2.89. The first-order valence-electron chi connectivity index (χ1n) is 9.12. The van der Waals surface area contributed by atoms with Crippen molar-refractivity contribution in [2.75, 3.05) is 0 Å². The molecule has 2 heterocycles. The zero-order valence-electron chi connectivity index (χ0n) is 16.2. The summed E-state index contributed by atoms with van der Waals surface area (Å²) >= 11 is 6.38. The fraction of sp³-hybridized carbons (Fsp3) is 0.0952. The average molecular weight is 440 g/mol. The molecule has 0 spiro atoms. The number of nitrogens with zero attached hydrogens (tertiary/aromatic N) is 5. The molecule has 0 aliphatic rings. The van der Waals surface area contributed by atoms with Gasteiger partial charge in [0, 0.05) is 11.6 Å². The average Bonchev–Trinajstić information content (AvgIpc) is 3.06. The van der Waals surface area contributed by atoms with E-state index in [0.29, 0.717) is 27.8 Å². The van der Waals surface area contributed by atoms with Crippen molar-refractivity contribution in [2.45, 2.75) is 13.7 Å². The first kappa shape index (κ1) is 20.4. The summed E-state index contributed by atoms with van der Waals surface area (Å²) in [6.07, 6.45) is 2.63. The van der Waals surface area contributed by atoms with Gasteiger partial charge in [-0.25, -0.2) is 13.9 Å². The van der Waals surface area contributed by atoms with Crippen LogP contribution in [0, 0.1) is 12.7 Å². The summed E-state index contributed by atoms with van der Waals surface area (Å²) in [5.41, 5.74) is 1.69. The predicted molar refractivity (Wildman–Crippen MR) is 112 cm³/mol. The minimum absolute atomic E-state index is 0.254. The number of aryl methyl sites for hydroxylation is 1. The third-order valence-corrected chi connectivity index (χ3v) is 4.83. The molecule has 0 radical (unpaired) electrons. The number of esters is 1. The van der Waals surface area contributed by atoms with E-state index in [1.54, 1.807) is 31.2 Å². The Labute approximate surface area is 180 Å². The molecule has 0 saturated carbocycles. The highest BCUT2D eigenvalue weighted by molar-refractivity contribution is 6.31. The molecule has 4 aromatic rings. The number of ether oxygens (including phenoxy) is 1. The fourth-order valence-corrected chi connectivity index (χ4v) is 3.22. The van der Waals surface area contributed by atoms with Crippen LogP contribution in [-0.4, -0.2) is 30.7 Å². The van der Waals surface area contributed by atoms with E-state index in [1.165, 1.54) is 41.1 Å². The van der Waals surface area contributed by atoms with Crippen molar-refractivity contribution in [3.8, 4) is 5.69 Å². The number of carbonyl (C=O) groups excluding carboxylic acids is 1. The number of benzene rings is 2. The molecule has 156 valence electrons. The SMILES string of the molecule is Cc1nn(-c2ccc(F)cc2)c(Cl)c1/C=C/C(=O)OCn1nnc2ccccc2c1=O.